The number of nitrogens with zero attached hydrogens (tertiary/aromatic N) is 2. The number of nitrogen functional groups attached to an aromatic ring is 1. The molecule has 1 aromatic carbocycles. The van der Waals surface area contributed by atoms with E-state index >= 15 is 0 Å². The van der Waals surface area contributed by atoms with Gasteiger partial charge < -0.3 is 5.73 Å². The van der Waals surface area contributed by atoms with Crippen LogP contribution in [0.15, 0.2) is 42.6 Å². The number of hydrogen-bond donors (Lipinski definition) is 1. The standard InChI is InChI=1S/C15H17N3O/c1-11-3-5-12(6-4-11)9-15(19)18(2)14-8-7-13(16)10-17-14/h3-8,10H,9,16H2,1-2H3. The van der Waals surface area contributed by atoms with Crippen LogP contribution in [0.2, 0.25) is 0 Å². The van der Waals surface area contributed by atoms with Crippen molar-refractivity contribution in [1.82, 2.24) is 4.98 Å². The van der Waals surface area contributed by atoms with Crippen molar-refractivity contribution in [1.29, 1.82) is 0 Å². The molecule has 0 fully saturated rings. The summed E-state index contributed by atoms with van der Waals surface area (Å²) in [7, 11) is 1.72. The SMILES string of the molecule is Cc1ccc(CC(=O)N(C)c2ccc(N)cn2)cc1. The highest BCUT2D eigenvalue weighted by Gasteiger charge is 2.12. The maximum Gasteiger partial charge on any atom is 0.232 e. The molecule has 1 amide bonds. The van der Waals surface area contributed by atoms with E-state index in [1.807, 2.05) is 31.2 Å². The van der Waals surface area contributed by atoms with Crippen LogP contribution in [-0.4, -0.2) is 17.9 Å². The molecular weight excluding hydrogens is 238 g/mol. The van der Waals surface area contributed by atoms with Crippen molar-refractivity contribution in [2.24, 2.45) is 0 Å². The number of carbonyl (C=O) groups excluding carboxylic acids is 1. The van der Waals surface area contributed by atoms with Gasteiger partial charge >= 0.3 is 0 Å². The van der Waals surface area contributed by atoms with E-state index in [1.54, 1.807) is 30.3 Å². The molecule has 98 valence electrons. The summed E-state index contributed by atoms with van der Waals surface area (Å²) in [6.07, 6.45) is 1.91. The van der Waals surface area contributed by atoms with Crippen molar-refractivity contribution < 1.29 is 4.79 Å². The lowest BCUT2D eigenvalue weighted by atomic mass is 10.1. The minimum absolute atomic E-state index is 0.00104. The monoisotopic (exact) mass is 255 g/mol. The fraction of sp³-hybridized carbons (Fsp3) is 0.200. The van der Waals surface area contributed by atoms with Gasteiger partial charge in [0, 0.05) is 7.05 Å². The van der Waals surface area contributed by atoms with Gasteiger partial charge in [-0.3, -0.25) is 9.69 Å². The van der Waals surface area contributed by atoms with Gasteiger partial charge in [-0.1, -0.05) is 29.8 Å². The molecule has 0 saturated carbocycles. The smallest absolute Gasteiger partial charge is 0.232 e. The molecule has 2 rings (SSSR count). The van der Waals surface area contributed by atoms with Crippen molar-refractivity contribution in [2.75, 3.05) is 17.7 Å². The van der Waals surface area contributed by atoms with E-state index in [9.17, 15) is 4.79 Å². The van der Waals surface area contributed by atoms with Gasteiger partial charge in [0.2, 0.25) is 5.91 Å². The van der Waals surface area contributed by atoms with Gasteiger partial charge in [0.1, 0.15) is 5.82 Å². The first-order valence-electron chi connectivity index (χ1n) is 6.10. The molecule has 0 radical (unpaired) electrons. The molecule has 2 aromatic rings. The van der Waals surface area contributed by atoms with E-state index in [2.05, 4.69) is 4.98 Å². The molecule has 0 spiro atoms. The molecule has 0 aliphatic rings. The third-order valence-electron chi connectivity index (χ3n) is 2.96. The molecule has 0 atom stereocenters. The Kier molecular flexibility index (Phi) is 3.80. The fourth-order valence-electron chi connectivity index (χ4n) is 1.72. The Balaban J connectivity index is 2.07. The van der Waals surface area contributed by atoms with Crippen LogP contribution in [0.4, 0.5) is 11.5 Å². The molecule has 0 saturated heterocycles. The first-order chi connectivity index (χ1) is 9.06. The van der Waals surface area contributed by atoms with Crippen molar-refractivity contribution >= 4 is 17.4 Å². The normalized spacial score (nSPS) is 10.2. The Morgan fingerprint density at radius 3 is 2.47 bits per heavy atom. The molecule has 19 heavy (non-hydrogen) atoms. The van der Waals surface area contributed by atoms with Gasteiger partial charge in [-0.15, -0.1) is 0 Å². The lowest BCUT2D eigenvalue weighted by Gasteiger charge is -2.16. The molecule has 4 heteroatoms. The first-order valence-corrected chi connectivity index (χ1v) is 6.10. The topological polar surface area (TPSA) is 59.2 Å². The van der Waals surface area contributed by atoms with Crippen molar-refractivity contribution in [3.8, 4) is 0 Å². The number of aryl methyl sites for hydroxylation is 1. The van der Waals surface area contributed by atoms with Gasteiger partial charge in [-0.05, 0) is 24.6 Å². The zero-order chi connectivity index (χ0) is 13.8. The highest BCUT2D eigenvalue weighted by molar-refractivity contribution is 5.93. The predicted molar refractivity (Wildman–Crippen MR) is 76.9 cm³/mol. The second-order valence-corrected chi connectivity index (χ2v) is 4.56. The Bertz CT molecular complexity index is 561. The molecule has 4 nitrogen and oxygen atoms in total. The zero-order valence-corrected chi connectivity index (χ0v) is 11.1. The molecule has 1 aromatic heterocycles. The molecule has 0 aliphatic carbocycles. The summed E-state index contributed by atoms with van der Waals surface area (Å²) in [5, 5.41) is 0. The maximum atomic E-state index is 12.1. The number of benzene rings is 1. The molecular formula is C15H17N3O. The zero-order valence-electron chi connectivity index (χ0n) is 11.1. The van der Waals surface area contributed by atoms with Crippen LogP contribution < -0.4 is 10.6 Å². The Hall–Kier alpha value is -2.36. The highest BCUT2D eigenvalue weighted by atomic mass is 16.2. The number of pyridine rings is 1. The Morgan fingerprint density at radius 2 is 1.89 bits per heavy atom. The number of anilines is 2. The quantitative estimate of drug-likeness (QED) is 0.914. The summed E-state index contributed by atoms with van der Waals surface area (Å²) < 4.78 is 0. The summed E-state index contributed by atoms with van der Waals surface area (Å²) in [6, 6.07) is 11.4. The minimum Gasteiger partial charge on any atom is -0.397 e. The third-order valence-corrected chi connectivity index (χ3v) is 2.96. The van der Waals surface area contributed by atoms with Crippen molar-refractivity contribution in [3.05, 3.63) is 53.7 Å². The summed E-state index contributed by atoms with van der Waals surface area (Å²) in [6.45, 7) is 2.02. The van der Waals surface area contributed by atoms with E-state index in [4.69, 9.17) is 5.73 Å². The van der Waals surface area contributed by atoms with Gasteiger partial charge in [0.25, 0.3) is 0 Å². The lowest BCUT2D eigenvalue weighted by molar-refractivity contribution is -0.117. The van der Waals surface area contributed by atoms with E-state index in [0.29, 0.717) is 17.9 Å². The lowest BCUT2D eigenvalue weighted by Crippen LogP contribution is -2.28. The molecule has 0 bridgehead atoms. The average molecular weight is 255 g/mol. The predicted octanol–water partition coefficient (Wildman–Crippen LogP) is 2.18. The second kappa shape index (κ2) is 5.52. The molecule has 1 heterocycles. The number of aromatic nitrogens is 1. The number of nitrogens with two attached hydrogens (primary N) is 1. The summed E-state index contributed by atoms with van der Waals surface area (Å²) >= 11 is 0. The van der Waals surface area contributed by atoms with Gasteiger partial charge in [-0.25, -0.2) is 4.98 Å². The van der Waals surface area contributed by atoms with E-state index in [-0.39, 0.29) is 5.91 Å². The number of hydrogen-bond acceptors (Lipinski definition) is 3. The second-order valence-electron chi connectivity index (χ2n) is 4.56. The average Bonchev–Trinajstić information content (AvgIpc) is 2.41. The van der Waals surface area contributed by atoms with Gasteiger partial charge in [0.15, 0.2) is 0 Å². The maximum absolute atomic E-state index is 12.1. The molecule has 0 aliphatic heterocycles. The van der Waals surface area contributed by atoms with Crippen LogP contribution in [0.25, 0.3) is 0 Å². The van der Waals surface area contributed by atoms with Crippen LogP contribution in [0.5, 0.6) is 0 Å². The van der Waals surface area contributed by atoms with E-state index in [1.165, 1.54) is 5.56 Å². The van der Waals surface area contributed by atoms with E-state index in [0.717, 1.165) is 5.56 Å². The highest BCUT2D eigenvalue weighted by Crippen LogP contribution is 2.12. The molecule has 0 unspecified atom stereocenters. The van der Waals surface area contributed by atoms with Crippen LogP contribution in [0, 0.1) is 6.92 Å². The summed E-state index contributed by atoms with van der Waals surface area (Å²) in [5.41, 5.74) is 8.34. The van der Waals surface area contributed by atoms with Crippen LogP contribution in [0.1, 0.15) is 11.1 Å². The van der Waals surface area contributed by atoms with Gasteiger partial charge in [-0.2, -0.15) is 0 Å². The van der Waals surface area contributed by atoms with E-state index < -0.39 is 0 Å². The van der Waals surface area contributed by atoms with Crippen LogP contribution in [0.3, 0.4) is 0 Å². The minimum atomic E-state index is 0.00104. The number of carbonyl (C=O) groups is 1. The number of amides is 1. The van der Waals surface area contributed by atoms with Crippen LogP contribution in [-0.2, 0) is 11.2 Å². The summed E-state index contributed by atoms with van der Waals surface area (Å²) in [4.78, 5) is 17.8. The Morgan fingerprint density at radius 1 is 1.21 bits per heavy atom. The number of rotatable bonds is 3. The Labute approximate surface area is 112 Å². The van der Waals surface area contributed by atoms with Crippen molar-refractivity contribution in [3.63, 3.8) is 0 Å². The molecule has 2 N–H and O–H groups in total. The first kappa shape index (κ1) is 13.1. The third kappa shape index (κ3) is 3.31. The van der Waals surface area contributed by atoms with Crippen LogP contribution >= 0.6 is 0 Å². The van der Waals surface area contributed by atoms with Gasteiger partial charge in [0.05, 0.1) is 18.3 Å². The largest absolute Gasteiger partial charge is 0.397 e. The fourth-order valence-corrected chi connectivity index (χ4v) is 1.72. The number of likely N-dealkylation sites (N-methyl/N-ethyl adjacent to an activating group) is 1. The van der Waals surface area contributed by atoms with Crippen molar-refractivity contribution in [2.45, 2.75) is 13.3 Å². The summed E-state index contributed by atoms with van der Waals surface area (Å²) in [5.74, 6) is 0.604.